The maximum atomic E-state index is 6.24. The van der Waals surface area contributed by atoms with Crippen molar-refractivity contribution in [3.63, 3.8) is 0 Å². The zero-order chi connectivity index (χ0) is 38.4. The van der Waals surface area contributed by atoms with Crippen LogP contribution in [0.1, 0.15) is 0 Å². The molecule has 0 saturated heterocycles. The van der Waals surface area contributed by atoms with Gasteiger partial charge in [0.15, 0.2) is 23.0 Å². The van der Waals surface area contributed by atoms with Crippen molar-refractivity contribution in [3.8, 4) is 23.0 Å². The number of aromatic nitrogens is 8. The Morgan fingerprint density at radius 3 is 0.828 bits per heavy atom. The summed E-state index contributed by atoms with van der Waals surface area (Å²) in [5, 5.41) is 3.50. The van der Waals surface area contributed by atoms with Gasteiger partial charge in [-0.1, -0.05) is 0 Å². The van der Waals surface area contributed by atoms with Gasteiger partial charge in [-0.3, -0.25) is 19.9 Å². The first-order valence-corrected chi connectivity index (χ1v) is 19.0. The van der Waals surface area contributed by atoms with Gasteiger partial charge in [-0.25, -0.2) is 19.9 Å². The number of hydrogen-bond donors (Lipinski definition) is 0. The summed E-state index contributed by atoms with van der Waals surface area (Å²) in [6, 6.07) is 23.0. The molecular weight excluding hydrogens is 737 g/mol. The molecule has 0 N–H and O–H groups in total. The summed E-state index contributed by atoms with van der Waals surface area (Å²) in [5.74, 6) is 2.10. The van der Waals surface area contributed by atoms with Gasteiger partial charge in [-0.15, -0.1) is 0 Å². The van der Waals surface area contributed by atoms with Gasteiger partial charge in [0.2, 0.25) is 0 Å². The van der Waals surface area contributed by atoms with E-state index in [4.69, 9.17) is 48.4 Å². The predicted octanol–water partition coefficient (Wildman–Crippen LogP) is 7.33. The van der Waals surface area contributed by atoms with Crippen LogP contribution in [-0.4, -0.2) is 92.7 Å². The number of ether oxygens (including phenoxy) is 6. The fourth-order valence-electron chi connectivity index (χ4n) is 7.52. The summed E-state index contributed by atoms with van der Waals surface area (Å²) in [7, 11) is 0. The van der Waals surface area contributed by atoms with Crippen LogP contribution in [0.4, 0.5) is 0 Å². The molecule has 1 aliphatic rings. The zero-order valence-corrected chi connectivity index (χ0v) is 30.9. The minimum atomic E-state index is 0.266. The van der Waals surface area contributed by atoms with Gasteiger partial charge in [0.1, 0.15) is 26.4 Å². The van der Waals surface area contributed by atoms with Crippen molar-refractivity contribution in [1.29, 1.82) is 0 Å². The van der Waals surface area contributed by atoms with E-state index in [0.29, 0.717) is 71.5 Å². The molecule has 14 heteroatoms. The van der Waals surface area contributed by atoms with Crippen LogP contribution in [0.25, 0.3) is 87.7 Å². The minimum Gasteiger partial charge on any atom is -0.487 e. The number of nitrogens with zero attached hydrogens (tertiary/aromatic N) is 8. The minimum absolute atomic E-state index is 0.266. The molecule has 0 radical (unpaired) electrons. The Balaban J connectivity index is 0.875. The third kappa shape index (κ3) is 5.97. The van der Waals surface area contributed by atoms with Gasteiger partial charge in [0.25, 0.3) is 0 Å². The molecule has 1 aliphatic heterocycles. The largest absolute Gasteiger partial charge is 0.487 e. The van der Waals surface area contributed by atoms with Crippen LogP contribution in [0.2, 0.25) is 0 Å². The lowest BCUT2D eigenvalue weighted by atomic mass is 10.1. The topological polar surface area (TPSA) is 158 Å². The smallest absolute Gasteiger partial charge is 0.163 e. The third-order valence-corrected chi connectivity index (χ3v) is 10.1. The van der Waals surface area contributed by atoms with Crippen molar-refractivity contribution >= 4 is 87.7 Å². The number of fused-ring (bicyclic) bond motifs is 16. The Kier molecular flexibility index (Phi) is 8.47. The Labute approximate surface area is 328 Å². The van der Waals surface area contributed by atoms with Crippen molar-refractivity contribution in [3.05, 3.63) is 97.6 Å². The predicted molar refractivity (Wildman–Crippen MR) is 219 cm³/mol. The van der Waals surface area contributed by atoms with Gasteiger partial charge in [-0.2, -0.15) is 0 Å². The van der Waals surface area contributed by atoms with Crippen LogP contribution in [0.3, 0.4) is 0 Å². The zero-order valence-electron chi connectivity index (χ0n) is 30.9. The third-order valence-electron chi connectivity index (χ3n) is 10.1. The van der Waals surface area contributed by atoms with E-state index in [1.54, 1.807) is 24.8 Å². The summed E-state index contributed by atoms with van der Waals surface area (Å²) in [4.78, 5) is 38.8. The molecule has 0 atom stereocenters. The fourth-order valence-corrected chi connectivity index (χ4v) is 7.52. The lowest BCUT2D eigenvalue weighted by Crippen LogP contribution is -2.15. The van der Waals surface area contributed by atoms with Gasteiger partial charge in [-0.05, 0) is 48.5 Å². The maximum Gasteiger partial charge on any atom is 0.163 e. The maximum absolute atomic E-state index is 6.24. The molecule has 11 rings (SSSR count). The first kappa shape index (κ1) is 34.1. The van der Waals surface area contributed by atoms with Crippen LogP contribution < -0.4 is 18.9 Å². The van der Waals surface area contributed by atoms with E-state index in [9.17, 15) is 0 Å². The molecule has 0 fully saturated rings. The lowest BCUT2D eigenvalue weighted by molar-refractivity contribution is 0.0641. The molecule has 0 saturated carbocycles. The van der Waals surface area contributed by atoms with E-state index >= 15 is 0 Å². The van der Waals surface area contributed by atoms with Gasteiger partial charge in [0.05, 0.1) is 92.6 Å². The monoisotopic (exact) mass is 768 g/mol. The Morgan fingerprint density at radius 1 is 0.310 bits per heavy atom. The van der Waals surface area contributed by atoms with E-state index in [2.05, 4.69) is 19.9 Å². The Morgan fingerprint density at radius 2 is 0.569 bits per heavy atom. The molecule has 284 valence electrons. The van der Waals surface area contributed by atoms with E-state index in [1.165, 1.54) is 0 Å². The second kappa shape index (κ2) is 14.4. The molecule has 0 bridgehead atoms. The quantitative estimate of drug-likeness (QED) is 0.111. The normalized spacial score (nSPS) is 14.8. The molecule has 0 amide bonds. The van der Waals surface area contributed by atoms with Gasteiger partial charge >= 0.3 is 0 Å². The molecular formula is C44H32N8O6. The number of pyridine rings is 4. The van der Waals surface area contributed by atoms with E-state index in [0.717, 1.165) is 65.7 Å². The number of hydrogen-bond acceptors (Lipinski definition) is 14. The first-order valence-electron chi connectivity index (χ1n) is 19.0. The highest BCUT2D eigenvalue weighted by atomic mass is 16.6. The highest BCUT2D eigenvalue weighted by Gasteiger charge is 2.19. The average Bonchev–Trinajstić information content (AvgIpc) is 3.27. The number of rotatable bonds is 0. The second-order valence-electron chi connectivity index (χ2n) is 13.6. The van der Waals surface area contributed by atoms with Gasteiger partial charge in [0, 0.05) is 70.6 Å². The van der Waals surface area contributed by atoms with Crippen LogP contribution in [-0.2, 0) is 9.47 Å². The average molecular weight is 769 g/mol. The molecule has 6 aromatic heterocycles. The summed E-state index contributed by atoms with van der Waals surface area (Å²) < 4.78 is 36.9. The van der Waals surface area contributed by atoms with Crippen molar-refractivity contribution in [1.82, 2.24) is 39.9 Å². The lowest BCUT2D eigenvalue weighted by Gasteiger charge is -2.17. The van der Waals surface area contributed by atoms with E-state index < -0.39 is 0 Å². The van der Waals surface area contributed by atoms with Crippen molar-refractivity contribution < 1.29 is 28.4 Å². The summed E-state index contributed by atoms with van der Waals surface area (Å²) in [6.45, 7) is 2.31. The van der Waals surface area contributed by atoms with E-state index in [-0.39, 0.29) is 26.4 Å². The van der Waals surface area contributed by atoms with Gasteiger partial charge < -0.3 is 28.4 Å². The molecule has 7 heterocycles. The molecule has 0 aliphatic carbocycles. The first-order chi connectivity index (χ1) is 28.8. The molecule has 4 aromatic carbocycles. The molecule has 14 nitrogen and oxygen atoms in total. The summed E-state index contributed by atoms with van der Waals surface area (Å²) >= 11 is 0. The molecule has 10 aromatic rings. The van der Waals surface area contributed by atoms with Crippen molar-refractivity contribution in [2.75, 3.05) is 52.9 Å². The summed E-state index contributed by atoms with van der Waals surface area (Å²) in [6.07, 6.45) is 7.05. The SMILES string of the molecule is c1cnc2c(c1)c1nc3cc4c(cc3nc1c1cccnc12)OCCOCCOc1cc2nc3c5cccnc5c5ncccc5c3nc2cc1OCCOCCO4. The Hall–Kier alpha value is -7.16. The van der Waals surface area contributed by atoms with Crippen LogP contribution in [0.15, 0.2) is 97.6 Å². The standard InChI is InChI=1S/C44H32N8O6/c1-5-25-37(45-9-1)38-26(6-2-10-46-38)42-41(25)49-29-21-33-34(22-30(29)50-42)56-18-14-54-16-20-58-36-24-32-31(23-35(36)57-19-15-53-13-17-55-33)51-43-27-7-3-11-47-39(27)40-28(44(43)52-32)8-4-12-48-40/h1-12,21-24H,13-20H2. The van der Waals surface area contributed by atoms with Crippen LogP contribution >= 0.6 is 0 Å². The molecule has 0 unspecified atom stereocenters. The number of benzene rings is 4. The highest BCUT2D eigenvalue weighted by Crippen LogP contribution is 2.38. The van der Waals surface area contributed by atoms with Crippen molar-refractivity contribution in [2.24, 2.45) is 0 Å². The second-order valence-corrected chi connectivity index (χ2v) is 13.6. The highest BCUT2D eigenvalue weighted by molar-refractivity contribution is 6.22. The summed E-state index contributed by atoms with van der Waals surface area (Å²) in [5.41, 5.74) is 8.70. The molecule has 0 spiro atoms. The van der Waals surface area contributed by atoms with Crippen LogP contribution in [0.5, 0.6) is 23.0 Å². The van der Waals surface area contributed by atoms with Crippen molar-refractivity contribution in [2.45, 2.75) is 0 Å². The molecule has 58 heavy (non-hydrogen) atoms. The van der Waals surface area contributed by atoms with Crippen LogP contribution in [0, 0.1) is 0 Å². The Bertz CT molecular complexity index is 2810. The van der Waals surface area contributed by atoms with E-state index in [1.807, 2.05) is 72.8 Å². The fraction of sp³-hybridized carbons (Fsp3) is 0.182.